The predicted molar refractivity (Wildman–Crippen MR) is 89.8 cm³/mol. The van der Waals surface area contributed by atoms with E-state index in [-0.39, 0.29) is 10.6 Å². The van der Waals surface area contributed by atoms with Crippen LogP contribution in [0.3, 0.4) is 0 Å². The molecule has 6 nitrogen and oxygen atoms in total. The third-order valence-corrected chi connectivity index (χ3v) is 5.51. The molecule has 130 valence electrons. The van der Waals surface area contributed by atoms with Crippen molar-refractivity contribution in [1.82, 2.24) is 10.1 Å². The third-order valence-electron chi connectivity index (χ3n) is 4.17. The maximum absolute atomic E-state index is 11.8. The lowest BCUT2D eigenvalue weighted by Crippen LogP contribution is -2.06. The van der Waals surface area contributed by atoms with Gasteiger partial charge in [0.15, 0.2) is 5.82 Å². The minimum absolute atomic E-state index is 0.0964. The Kier molecular flexibility index (Phi) is 5.10. The van der Waals surface area contributed by atoms with Crippen LogP contribution >= 0.6 is 10.7 Å². The van der Waals surface area contributed by atoms with Gasteiger partial charge in [-0.15, -0.1) is 0 Å². The monoisotopic (exact) mass is 370 g/mol. The lowest BCUT2D eigenvalue weighted by atomic mass is 9.89. The number of aromatic nitrogens is 2. The molecule has 0 aliphatic heterocycles. The summed E-state index contributed by atoms with van der Waals surface area (Å²) in [5, 5.41) is 4.07. The van der Waals surface area contributed by atoms with Crippen LogP contribution < -0.4 is 4.74 Å². The van der Waals surface area contributed by atoms with Crippen molar-refractivity contribution < 1.29 is 17.7 Å². The highest BCUT2D eigenvalue weighted by Gasteiger charge is 2.23. The van der Waals surface area contributed by atoms with E-state index in [0.29, 0.717) is 29.8 Å². The quantitative estimate of drug-likeness (QED) is 0.736. The fraction of sp³-hybridized carbons (Fsp3) is 0.500. The van der Waals surface area contributed by atoms with Crippen molar-refractivity contribution in [3.63, 3.8) is 0 Å². The van der Waals surface area contributed by atoms with Crippen LogP contribution in [0, 0.1) is 0 Å². The number of rotatable bonds is 5. The number of hydrogen-bond donors (Lipinski definition) is 0. The first-order valence-corrected chi connectivity index (χ1v) is 10.4. The summed E-state index contributed by atoms with van der Waals surface area (Å²) >= 11 is 0. The molecule has 1 aromatic carbocycles. The van der Waals surface area contributed by atoms with Gasteiger partial charge in [-0.3, -0.25) is 0 Å². The predicted octanol–water partition coefficient (Wildman–Crippen LogP) is 4.11. The standard InChI is InChI=1S/C16H19ClN2O4S/c1-2-22-13-9-8-12(10-14(13)24(17,20)21)16-18-15(19-23-16)11-6-4-3-5-7-11/h8-11H,2-7H2,1H3. The van der Waals surface area contributed by atoms with Gasteiger partial charge in [0.1, 0.15) is 10.6 Å². The number of nitrogens with zero attached hydrogens (tertiary/aromatic N) is 2. The molecule has 1 aliphatic carbocycles. The molecule has 0 radical (unpaired) electrons. The van der Waals surface area contributed by atoms with Gasteiger partial charge in [0.25, 0.3) is 14.9 Å². The van der Waals surface area contributed by atoms with E-state index < -0.39 is 9.05 Å². The summed E-state index contributed by atoms with van der Waals surface area (Å²) in [5.41, 5.74) is 0.507. The minimum Gasteiger partial charge on any atom is -0.492 e. The molecule has 3 rings (SSSR count). The van der Waals surface area contributed by atoms with E-state index in [1.807, 2.05) is 0 Å². The van der Waals surface area contributed by atoms with Gasteiger partial charge in [-0.25, -0.2) is 8.42 Å². The number of halogens is 1. The smallest absolute Gasteiger partial charge is 0.265 e. The molecule has 1 fully saturated rings. The van der Waals surface area contributed by atoms with Gasteiger partial charge in [0.2, 0.25) is 0 Å². The first kappa shape index (κ1) is 17.2. The second kappa shape index (κ2) is 7.11. The zero-order valence-corrected chi connectivity index (χ0v) is 14.9. The van der Waals surface area contributed by atoms with Gasteiger partial charge in [-0.2, -0.15) is 4.98 Å². The Morgan fingerprint density at radius 2 is 2.04 bits per heavy atom. The van der Waals surface area contributed by atoms with Crippen LogP contribution in [-0.2, 0) is 9.05 Å². The highest BCUT2D eigenvalue weighted by molar-refractivity contribution is 8.13. The molecule has 0 bridgehead atoms. The van der Waals surface area contributed by atoms with Crippen molar-refractivity contribution in [3.05, 3.63) is 24.0 Å². The molecule has 24 heavy (non-hydrogen) atoms. The second-order valence-corrected chi connectivity index (χ2v) is 8.36. The Balaban J connectivity index is 1.93. The van der Waals surface area contributed by atoms with E-state index in [1.54, 1.807) is 19.1 Å². The van der Waals surface area contributed by atoms with Gasteiger partial charge < -0.3 is 9.26 Å². The zero-order chi connectivity index (χ0) is 17.2. The van der Waals surface area contributed by atoms with Crippen LogP contribution in [-0.4, -0.2) is 25.2 Å². The van der Waals surface area contributed by atoms with Crippen molar-refractivity contribution in [3.8, 4) is 17.2 Å². The summed E-state index contributed by atoms with van der Waals surface area (Å²) < 4.78 is 34.2. The Bertz CT molecular complexity index is 813. The molecule has 1 saturated carbocycles. The van der Waals surface area contributed by atoms with E-state index in [1.165, 1.54) is 25.3 Å². The Morgan fingerprint density at radius 3 is 2.71 bits per heavy atom. The molecule has 0 atom stereocenters. The first-order chi connectivity index (χ1) is 11.5. The van der Waals surface area contributed by atoms with Gasteiger partial charge in [-0.05, 0) is 38.0 Å². The largest absolute Gasteiger partial charge is 0.492 e. The van der Waals surface area contributed by atoms with E-state index >= 15 is 0 Å². The molecular formula is C16H19ClN2O4S. The summed E-state index contributed by atoms with van der Waals surface area (Å²) in [6.07, 6.45) is 5.71. The Morgan fingerprint density at radius 1 is 1.29 bits per heavy atom. The molecule has 0 N–H and O–H groups in total. The average molecular weight is 371 g/mol. The van der Waals surface area contributed by atoms with Crippen molar-refractivity contribution in [2.75, 3.05) is 6.61 Å². The summed E-state index contributed by atoms with van der Waals surface area (Å²) in [6, 6.07) is 4.65. The summed E-state index contributed by atoms with van der Waals surface area (Å²) in [4.78, 5) is 4.35. The molecule has 0 spiro atoms. The molecule has 0 amide bonds. The van der Waals surface area contributed by atoms with Gasteiger partial charge >= 0.3 is 0 Å². The summed E-state index contributed by atoms with van der Waals surface area (Å²) in [6.45, 7) is 2.11. The maximum atomic E-state index is 11.8. The van der Waals surface area contributed by atoms with Gasteiger partial charge in [0, 0.05) is 22.2 Å². The van der Waals surface area contributed by atoms with Crippen molar-refractivity contribution in [2.24, 2.45) is 0 Å². The molecule has 1 aliphatic rings. The normalized spacial score (nSPS) is 16.2. The highest BCUT2D eigenvalue weighted by atomic mass is 35.7. The van der Waals surface area contributed by atoms with Crippen LogP contribution in [0.5, 0.6) is 5.75 Å². The molecule has 8 heteroatoms. The fourth-order valence-corrected chi connectivity index (χ4v) is 3.98. The van der Waals surface area contributed by atoms with Crippen LogP contribution in [0.15, 0.2) is 27.6 Å². The summed E-state index contributed by atoms with van der Waals surface area (Å²) in [7, 11) is 1.57. The highest BCUT2D eigenvalue weighted by Crippen LogP contribution is 2.34. The maximum Gasteiger partial charge on any atom is 0.265 e. The van der Waals surface area contributed by atoms with E-state index in [9.17, 15) is 8.42 Å². The van der Waals surface area contributed by atoms with Crippen LogP contribution in [0.2, 0.25) is 0 Å². The molecule has 1 aromatic heterocycles. The Labute approximate surface area is 145 Å². The Hall–Kier alpha value is -1.60. The third kappa shape index (κ3) is 3.72. The van der Waals surface area contributed by atoms with Gasteiger partial charge in [0.05, 0.1) is 6.61 Å². The number of ether oxygens (including phenoxy) is 1. The lowest BCUT2D eigenvalue weighted by molar-refractivity contribution is 0.331. The number of benzene rings is 1. The van der Waals surface area contributed by atoms with Crippen molar-refractivity contribution in [1.29, 1.82) is 0 Å². The van der Waals surface area contributed by atoms with E-state index in [4.69, 9.17) is 19.9 Å². The van der Waals surface area contributed by atoms with Crippen LogP contribution in [0.4, 0.5) is 0 Å². The topological polar surface area (TPSA) is 82.3 Å². The minimum atomic E-state index is -3.94. The molecule has 0 saturated heterocycles. The van der Waals surface area contributed by atoms with Crippen molar-refractivity contribution in [2.45, 2.75) is 49.8 Å². The van der Waals surface area contributed by atoms with E-state index in [0.717, 1.165) is 12.8 Å². The molecule has 0 unspecified atom stereocenters. The SMILES string of the molecule is CCOc1ccc(-c2nc(C3CCCCC3)no2)cc1S(=O)(=O)Cl. The first-order valence-electron chi connectivity index (χ1n) is 8.04. The average Bonchev–Trinajstić information content (AvgIpc) is 3.05. The second-order valence-electron chi connectivity index (χ2n) is 5.83. The molecular weight excluding hydrogens is 352 g/mol. The zero-order valence-electron chi connectivity index (χ0n) is 13.4. The summed E-state index contributed by atoms with van der Waals surface area (Å²) in [5.74, 6) is 1.51. The van der Waals surface area contributed by atoms with E-state index in [2.05, 4.69) is 10.1 Å². The molecule has 2 aromatic rings. The fourth-order valence-electron chi connectivity index (χ4n) is 2.99. The molecule has 1 heterocycles. The van der Waals surface area contributed by atoms with Crippen LogP contribution in [0.1, 0.15) is 50.8 Å². The van der Waals surface area contributed by atoms with Gasteiger partial charge in [-0.1, -0.05) is 24.4 Å². The number of hydrogen-bond acceptors (Lipinski definition) is 6. The van der Waals surface area contributed by atoms with Crippen LogP contribution in [0.25, 0.3) is 11.5 Å². The van der Waals surface area contributed by atoms with Crippen molar-refractivity contribution >= 4 is 19.7 Å². The lowest BCUT2D eigenvalue weighted by Gasteiger charge is -2.17.